The van der Waals surface area contributed by atoms with Crippen LogP contribution in [0.5, 0.6) is 0 Å². The molecule has 0 unspecified atom stereocenters. The normalized spacial score (nSPS) is 10.7. The molecule has 0 N–H and O–H groups in total. The topological polar surface area (TPSA) is 43.1 Å². The summed E-state index contributed by atoms with van der Waals surface area (Å²) < 4.78 is 2.08. The third kappa shape index (κ3) is 3.46. The van der Waals surface area contributed by atoms with Gasteiger partial charge in [-0.25, -0.2) is 0 Å². The third-order valence-electron chi connectivity index (χ3n) is 4.84. The predicted octanol–water partition coefficient (Wildman–Crippen LogP) is 5.38. The summed E-state index contributed by atoms with van der Waals surface area (Å²) in [4.78, 5) is 13.1. The molecule has 144 valence electrons. The van der Waals surface area contributed by atoms with Crippen LogP contribution in [0, 0.1) is 13.0 Å². The third-order valence-corrected chi connectivity index (χ3v) is 4.84. The molecule has 0 aliphatic heterocycles. The molecule has 5 heteroatoms. The molecule has 0 amide bonds. The summed E-state index contributed by atoms with van der Waals surface area (Å²) in [7, 11) is 0. The van der Waals surface area contributed by atoms with Crippen molar-refractivity contribution in [3.8, 4) is 0 Å². The first-order valence-corrected chi connectivity index (χ1v) is 9.13. The maximum Gasteiger partial charge on any atom is 1.00 e. The fraction of sp³-hybridized carbons (Fsp3) is 0.0417. The molecule has 0 saturated heterocycles. The molecule has 6 aromatic rings. The van der Waals surface area contributed by atoms with Gasteiger partial charge in [-0.1, -0.05) is 30.3 Å². The van der Waals surface area contributed by atoms with E-state index in [1.165, 1.54) is 5.39 Å². The standard InChI is InChI=1S/C12H9N2.C12H8N2.Cu/c1-9-8-13-12-11-5-3-2-4-10(11)6-7-14(9)12;1-3-9-5-6-10-4-2-8-14-12(10)11(9)13-7-1;/h2-4,6-8H,1H3;1-8H;/q-1;;+1. The molecule has 2 aromatic carbocycles. The summed E-state index contributed by atoms with van der Waals surface area (Å²) in [6, 6.07) is 23.5. The van der Waals surface area contributed by atoms with Crippen molar-refractivity contribution in [3.05, 3.63) is 97.2 Å². The first kappa shape index (κ1) is 19.1. The molecule has 0 radical (unpaired) electrons. The predicted molar refractivity (Wildman–Crippen MR) is 113 cm³/mol. The second-order valence-corrected chi connectivity index (χ2v) is 6.63. The van der Waals surface area contributed by atoms with Crippen molar-refractivity contribution in [2.24, 2.45) is 0 Å². The van der Waals surface area contributed by atoms with Crippen molar-refractivity contribution < 1.29 is 17.1 Å². The van der Waals surface area contributed by atoms with Crippen molar-refractivity contribution in [2.75, 3.05) is 0 Å². The quantitative estimate of drug-likeness (QED) is 0.187. The van der Waals surface area contributed by atoms with Crippen LogP contribution in [0.3, 0.4) is 0 Å². The average Bonchev–Trinajstić information content (AvgIpc) is 3.15. The Hall–Kier alpha value is -3.27. The molecule has 0 aliphatic rings. The number of hydrogen-bond donors (Lipinski definition) is 0. The Morgan fingerprint density at radius 1 is 0.759 bits per heavy atom. The summed E-state index contributed by atoms with van der Waals surface area (Å²) >= 11 is 0. The molecular weight excluding hydrogens is 408 g/mol. The number of hydrogen-bond acceptors (Lipinski definition) is 3. The van der Waals surface area contributed by atoms with E-state index < -0.39 is 0 Å². The minimum atomic E-state index is 0. The molecule has 29 heavy (non-hydrogen) atoms. The zero-order valence-electron chi connectivity index (χ0n) is 15.7. The SMILES string of the molecule is Cc1cnc2c3[c-]cccc3ccn12.[Cu+].c1cnc2c(c1)ccc1cccnc12. The van der Waals surface area contributed by atoms with Crippen molar-refractivity contribution in [3.63, 3.8) is 0 Å². The smallest absolute Gasteiger partial charge is 0.345 e. The van der Waals surface area contributed by atoms with Gasteiger partial charge in [-0.05, 0) is 25.3 Å². The van der Waals surface area contributed by atoms with Crippen molar-refractivity contribution >= 4 is 38.2 Å². The Labute approximate surface area is 178 Å². The summed E-state index contributed by atoms with van der Waals surface area (Å²) in [5, 5.41) is 4.55. The molecule has 4 heterocycles. The number of pyridine rings is 3. The first-order chi connectivity index (χ1) is 13.8. The van der Waals surface area contributed by atoms with Gasteiger partial charge in [-0.2, -0.15) is 0 Å². The summed E-state index contributed by atoms with van der Waals surface area (Å²) in [6.45, 7) is 2.05. The fourth-order valence-electron chi connectivity index (χ4n) is 3.44. The van der Waals surface area contributed by atoms with Crippen LogP contribution in [0.25, 0.3) is 38.2 Å². The van der Waals surface area contributed by atoms with Crippen molar-refractivity contribution in [1.82, 2.24) is 19.4 Å². The summed E-state index contributed by atoms with van der Waals surface area (Å²) in [6.07, 6.45) is 7.54. The van der Waals surface area contributed by atoms with Crippen molar-refractivity contribution in [2.45, 2.75) is 6.92 Å². The molecule has 0 saturated carbocycles. The van der Waals surface area contributed by atoms with Gasteiger partial charge in [0.15, 0.2) is 0 Å². The van der Waals surface area contributed by atoms with E-state index in [1.807, 2.05) is 36.7 Å². The van der Waals surface area contributed by atoms with Crippen LogP contribution >= 0.6 is 0 Å². The zero-order valence-corrected chi connectivity index (χ0v) is 16.6. The van der Waals surface area contributed by atoms with E-state index >= 15 is 0 Å². The maximum absolute atomic E-state index is 4.38. The van der Waals surface area contributed by atoms with Gasteiger partial charge in [0.05, 0.1) is 16.7 Å². The molecule has 0 spiro atoms. The minimum absolute atomic E-state index is 0. The van der Waals surface area contributed by atoms with Crippen LogP contribution in [0.2, 0.25) is 0 Å². The van der Waals surface area contributed by atoms with Crippen LogP contribution < -0.4 is 0 Å². The number of aryl methyl sites for hydroxylation is 1. The molecule has 0 atom stereocenters. The molecule has 0 aliphatic carbocycles. The van der Waals surface area contributed by atoms with Gasteiger partial charge in [-0.3, -0.25) is 15.0 Å². The van der Waals surface area contributed by atoms with E-state index in [0.717, 1.165) is 38.5 Å². The number of imidazole rings is 1. The van der Waals surface area contributed by atoms with Gasteiger partial charge in [0, 0.05) is 35.1 Å². The van der Waals surface area contributed by atoms with Crippen LogP contribution in [0.1, 0.15) is 5.69 Å². The van der Waals surface area contributed by atoms with E-state index in [9.17, 15) is 0 Å². The number of fused-ring (bicyclic) bond motifs is 6. The van der Waals surface area contributed by atoms with Crippen LogP contribution in [0.15, 0.2) is 85.5 Å². The first-order valence-electron chi connectivity index (χ1n) is 9.13. The molecule has 0 fully saturated rings. The Kier molecular flexibility index (Phi) is 5.26. The molecule has 0 bridgehead atoms. The maximum atomic E-state index is 4.38. The van der Waals surface area contributed by atoms with E-state index in [2.05, 4.69) is 68.7 Å². The van der Waals surface area contributed by atoms with E-state index in [-0.39, 0.29) is 17.1 Å². The van der Waals surface area contributed by atoms with Gasteiger partial charge in [-0.15, -0.1) is 35.0 Å². The number of rotatable bonds is 0. The van der Waals surface area contributed by atoms with Gasteiger partial charge in [0.2, 0.25) is 0 Å². The molecule has 4 aromatic heterocycles. The zero-order chi connectivity index (χ0) is 18.9. The number of benzene rings is 2. The fourth-order valence-corrected chi connectivity index (χ4v) is 3.44. The average molecular weight is 425 g/mol. The van der Waals surface area contributed by atoms with Crippen molar-refractivity contribution in [1.29, 1.82) is 0 Å². The Bertz CT molecular complexity index is 1380. The Balaban J connectivity index is 0.000000137. The van der Waals surface area contributed by atoms with Gasteiger partial charge < -0.3 is 4.40 Å². The van der Waals surface area contributed by atoms with Gasteiger partial charge in [0.25, 0.3) is 0 Å². The molecular formula is C24H17CuN4. The van der Waals surface area contributed by atoms with E-state index in [1.54, 1.807) is 12.4 Å². The summed E-state index contributed by atoms with van der Waals surface area (Å²) in [5.74, 6) is 0. The monoisotopic (exact) mass is 424 g/mol. The second kappa shape index (κ2) is 8.00. The van der Waals surface area contributed by atoms with Gasteiger partial charge in [0.1, 0.15) is 0 Å². The van der Waals surface area contributed by atoms with Gasteiger partial charge >= 0.3 is 17.1 Å². The number of aromatic nitrogens is 4. The van der Waals surface area contributed by atoms with Crippen LogP contribution in [-0.2, 0) is 17.1 Å². The molecule has 4 nitrogen and oxygen atoms in total. The Morgan fingerprint density at radius 2 is 1.41 bits per heavy atom. The number of nitrogens with zero attached hydrogens (tertiary/aromatic N) is 4. The minimum Gasteiger partial charge on any atom is -0.345 e. The Morgan fingerprint density at radius 3 is 2.10 bits per heavy atom. The van der Waals surface area contributed by atoms with Crippen LogP contribution in [-0.4, -0.2) is 19.4 Å². The summed E-state index contributed by atoms with van der Waals surface area (Å²) in [5.41, 5.74) is 4.09. The largest absolute Gasteiger partial charge is 1.00 e. The second-order valence-electron chi connectivity index (χ2n) is 6.63. The van der Waals surface area contributed by atoms with E-state index in [4.69, 9.17) is 0 Å². The van der Waals surface area contributed by atoms with Crippen LogP contribution in [0.4, 0.5) is 0 Å². The van der Waals surface area contributed by atoms with E-state index in [0.29, 0.717) is 0 Å². The molecule has 6 rings (SSSR count).